The molecule has 74 heavy (non-hydrogen) atoms. The monoisotopic (exact) mass is 958 g/mol. The van der Waals surface area contributed by atoms with E-state index in [9.17, 15) is 9.59 Å². The van der Waals surface area contributed by atoms with Crippen LogP contribution in [0.25, 0.3) is 97.5 Å². The lowest BCUT2D eigenvalue weighted by Crippen LogP contribution is -2.19. The Morgan fingerprint density at radius 2 is 0.527 bits per heavy atom. The Balaban J connectivity index is 1.27. The molecular weight excluding hydrogens is 925 g/mol. The first-order valence-corrected chi connectivity index (χ1v) is 24.1. The molecule has 0 spiro atoms. The second-order valence-electron chi connectivity index (χ2n) is 18.5. The maximum absolute atomic E-state index is 15.7. The highest BCUT2D eigenvalue weighted by atomic mass is 16.5. The van der Waals surface area contributed by atoms with Crippen LogP contribution in [0.3, 0.4) is 0 Å². The number of rotatable bonds is 8. The van der Waals surface area contributed by atoms with Crippen LogP contribution in [0.4, 0.5) is 0 Å². The van der Waals surface area contributed by atoms with E-state index in [1.54, 1.807) is 57.3 Å². The van der Waals surface area contributed by atoms with E-state index in [2.05, 4.69) is 0 Å². The molecule has 11 aromatic carbocycles. The van der Waals surface area contributed by atoms with Gasteiger partial charge in [-0.3, -0.25) is 28.0 Å². The fourth-order valence-corrected chi connectivity index (χ4v) is 11.3. The number of fused-ring (bicyclic) bond motifs is 10. The minimum absolute atomic E-state index is 0.249. The van der Waals surface area contributed by atoms with Crippen LogP contribution in [-0.2, 0) is 0 Å². The summed E-state index contributed by atoms with van der Waals surface area (Å²) < 4.78 is 31.6. The lowest BCUT2D eigenvalue weighted by Gasteiger charge is -2.26. The third-order valence-corrected chi connectivity index (χ3v) is 14.3. The fourth-order valence-electron chi connectivity index (χ4n) is 11.3. The van der Waals surface area contributed by atoms with Crippen molar-refractivity contribution < 1.29 is 18.9 Å². The smallest absolute Gasteiger partial charge is 0.263 e. The average molecular weight is 959 g/mol. The molecule has 348 valence electrons. The Labute approximate surface area is 416 Å². The van der Waals surface area contributed by atoms with Gasteiger partial charge in [0.1, 0.15) is 46.0 Å². The molecule has 10 heteroatoms. The molecule has 0 unspecified atom stereocenters. The van der Waals surface area contributed by atoms with Crippen molar-refractivity contribution in [2.45, 2.75) is 0 Å². The first-order valence-electron chi connectivity index (χ1n) is 24.1. The summed E-state index contributed by atoms with van der Waals surface area (Å²) in [5.41, 5.74) is 0.442. The van der Waals surface area contributed by atoms with Gasteiger partial charge in [-0.1, -0.05) is 97.1 Å². The van der Waals surface area contributed by atoms with Crippen molar-refractivity contribution in [3.63, 3.8) is 0 Å². The number of pyridine rings is 4. The average Bonchev–Trinajstić information content (AvgIpc) is 3.43. The molecule has 0 amide bonds. The largest absolute Gasteiger partial charge is 0.457 e. The zero-order valence-electron chi connectivity index (χ0n) is 38.8. The molecule has 0 saturated carbocycles. The predicted octanol–water partition coefficient (Wildman–Crippen LogP) is 14.3. The molecule has 4 aromatic heterocycles. The Morgan fingerprint density at radius 1 is 0.243 bits per heavy atom. The molecule has 10 nitrogen and oxygen atoms in total. The Kier molecular flexibility index (Phi) is 8.73. The summed E-state index contributed by atoms with van der Waals surface area (Å²) in [4.78, 5) is 59.7. The summed E-state index contributed by atoms with van der Waals surface area (Å²) in [5.74, 6) is 3.36. The van der Waals surface area contributed by atoms with Crippen LogP contribution >= 0.6 is 0 Å². The van der Waals surface area contributed by atoms with E-state index in [1.807, 2.05) is 146 Å². The molecule has 15 rings (SSSR count). The molecule has 0 radical (unpaired) electrons. The summed E-state index contributed by atoms with van der Waals surface area (Å²) in [5, 5.41) is 6.93. The van der Waals surface area contributed by atoms with Crippen molar-refractivity contribution in [1.29, 1.82) is 0 Å². The van der Waals surface area contributed by atoms with Gasteiger partial charge in [-0.2, -0.15) is 0 Å². The van der Waals surface area contributed by atoms with Crippen LogP contribution in [0.1, 0.15) is 0 Å². The van der Waals surface area contributed by atoms with E-state index in [1.165, 1.54) is 12.1 Å². The summed E-state index contributed by atoms with van der Waals surface area (Å²) >= 11 is 0. The highest BCUT2D eigenvalue weighted by Crippen LogP contribution is 2.57. The van der Waals surface area contributed by atoms with Crippen molar-refractivity contribution in [3.05, 3.63) is 247 Å². The van der Waals surface area contributed by atoms with Gasteiger partial charge in [0.25, 0.3) is 11.1 Å². The van der Waals surface area contributed by atoms with Gasteiger partial charge in [0.2, 0.25) is 0 Å². The quantitative estimate of drug-likeness (QED) is 0.109. The van der Waals surface area contributed by atoms with E-state index in [0.717, 1.165) is 0 Å². The van der Waals surface area contributed by atoms with Gasteiger partial charge in [0.15, 0.2) is 10.9 Å². The van der Waals surface area contributed by atoms with Crippen molar-refractivity contribution in [2.75, 3.05) is 0 Å². The Bertz CT molecular complexity index is 4740. The van der Waals surface area contributed by atoms with Crippen LogP contribution in [0.15, 0.2) is 225 Å². The molecule has 0 N–H and O–H groups in total. The first-order chi connectivity index (χ1) is 36.4. The third-order valence-electron chi connectivity index (χ3n) is 14.3. The van der Waals surface area contributed by atoms with Crippen molar-refractivity contribution in [2.24, 2.45) is 0 Å². The molecular formula is C64H34N2O8. The maximum atomic E-state index is 15.7. The fraction of sp³-hybridized carbons (Fsp3) is 0. The number of nitrogens with zero attached hydrogens (tertiary/aromatic N) is 2. The highest BCUT2D eigenvalue weighted by Gasteiger charge is 2.32. The van der Waals surface area contributed by atoms with Crippen LogP contribution in [0, 0.1) is 0 Å². The standard InChI is InChI=1S/C64H34N2O8/c67-49-33-47-41-29-51(71-35-17-5-1-6-18-35)57-58-52(72-36-19-7-2-8-20-36)30-42-48-34-50(68)40-26-14-16-28-46(40)66(48)64(70)44-32-54(74-38-23-11-4-12-24-38)60(62(58)56(42)44)59-53(73-37-21-9-3-10-22-37)31-43(55(41)61(57)59)63(69)65(47)45-27-15-13-25-39(45)49/h1-34H. The van der Waals surface area contributed by atoms with E-state index in [0.29, 0.717) is 143 Å². The van der Waals surface area contributed by atoms with E-state index < -0.39 is 0 Å². The second-order valence-corrected chi connectivity index (χ2v) is 18.5. The predicted molar refractivity (Wildman–Crippen MR) is 293 cm³/mol. The third kappa shape index (κ3) is 5.93. The van der Waals surface area contributed by atoms with Crippen LogP contribution in [0.2, 0.25) is 0 Å². The Morgan fingerprint density at radius 3 is 0.851 bits per heavy atom. The summed E-state index contributed by atoms with van der Waals surface area (Å²) in [6.07, 6.45) is 0. The summed E-state index contributed by atoms with van der Waals surface area (Å²) in [6.45, 7) is 0. The lowest BCUT2D eigenvalue weighted by molar-refractivity contribution is 0.483. The first kappa shape index (κ1) is 41.5. The molecule has 15 aromatic rings. The van der Waals surface area contributed by atoms with Gasteiger partial charge < -0.3 is 18.9 Å². The van der Waals surface area contributed by atoms with Crippen molar-refractivity contribution >= 4 is 97.5 Å². The molecule has 0 aliphatic heterocycles. The maximum Gasteiger partial charge on any atom is 0.263 e. The number of hydrogen-bond donors (Lipinski definition) is 0. The van der Waals surface area contributed by atoms with Gasteiger partial charge >= 0.3 is 0 Å². The number of hydrogen-bond acceptors (Lipinski definition) is 8. The number of aromatic nitrogens is 2. The van der Waals surface area contributed by atoms with Crippen LogP contribution in [0.5, 0.6) is 46.0 Å². The molecule has 0 bridgehead atoms. The second kappa shape index (κ2) is 15.6. The molecule has 0 aliphatic rings. The van der Waals surface area contributed by atoms with E-state index in [-0.39, 0.29) is 22.0 Å². The molecule has 0 saturated heterocycles. The minimum Gasteiger partial charge on any atom is -0.457 e. The van der Waals surface area contributed by atoms with E-state index in [4.69, 9.17) is 18.9 Å². The SMILES string of the molecule is O=c1cc2c3cc(Oc4ccccc4)c4c5c(Oc6ccccc6)cc6c7c(cc(Oc8ccccc8)c(c8c(Oc9ccccc9)cc(c(=O)n2c2ccccc12)c3c84)c57)c(=O)n1c2ccccc2c(=O)cc61. The van der Waals surface area contributed by atoms with Crippen molar-refractivity contribution in [1.82, 2.24) is 8.80 Å². The zero-order valence-corrected chi connectivity index (χ0v) is 38.8. The molecule has 0 fully saturated rings. The lowest BCUT2D eigenvalue weighted by atomic mass is 9.83. The minimum atomic E-state index is -0.367. The van der Waals surface area contributed by atoms with E-state index >= 15 is 9.59 Å². The van der Waals surface area contributed by atoms with Gasteiger partial charge in [-0.05, 0) is 97.1 Å². The van der Waals surface area contributed by atoms with Gasteiger partial charge in [0.05, 0.1) is 32.8 Å². The summed E-state index contributed by atoms with van der Waals surface area (Å²) in [7, 11) is 0. The summed E-state index contributed by atoms with van der Waals surface area (Å²) in [6, 6.07) is 62.0. The number of ether oxygens (including phenoxy) is 4. The number of benzene rings is 11. The van der Waals surface area contributed by atoms with Crippen molar-refractivity contribution in [3.8, 4) is 46.0 Å². The highest BCUT2D eigenvalue weighted by molar-refractivity contribution is 6.45. The zero-order chi connectivity index (χ0) is 49.3. The van der Waals surface area contributed by atoms with Crippen LogP contribution < -0.4 is 40.9 Å². The topological polar surface area (TPSA) is 114 Å². The molecule has 0 aliphatic carbocycles. The van der Waals surface area contributed by atoms with Gasteiger partial charge in [0, 0.05) is 76.8 Å². The van der Waals surface area contributed by atoms with Crippen LogP contribution in [-0.4, -0.2) is 8.80 Å². The normalized spacial score (nSPS) is 12.0. The Hall–Kier alpha value is -10.3. The molecule has 4 heterocycles. The number of para-hydroxylation sites is 6. The molecule has 0 atom stereocenters. The van der Waals surface area contributed by atoms with Gasteiger partial charge in [-0.25, -0.2) is 0 Å². The van der Waals surface area contributed by atoms with Gasteiger partial charge in [-0.15, -0.1) is 0 Å².